The Labute approximate surface area is 212 Å². The largest absolute Gasteiger partial charge is 0.493 e. The fourth-order valence-electron chi connectivity index (χ4n) is 3.88. The molecular weight excluding hydrogens is 476 g/mol. The summed E-state index contributed by atoms with van der Waals surface area (Å²) in [6.45, 7) is 0. The van der Waals surface area contributed by atoms with Gasteiger partial charge in [0.25, 0.3) is 5.91 Å². The summed E-state index contributed by atoms with van der Waals surface area (Å²) < 4.78 is 20.3. The third kappa shape index (κ3) is 5.20. The van der Waals surface area contributed by atoms with E-state index in [9.17, 15) is 14.4 Å². The van der Waals surface area contributed by atoms with Crippen molar-refractivity contribution in [3.05, 3.63) is 83.4 Å². The molecule has 1 N–H and O–H groups in total. The van der Waals surface area contributed by atoms with Crippen molar-refractivity contribution in [1.29, 1.82) is 0 Å². The van der Waals surface area contributed by atoms with Gasteiger partial charge in [-0.05, 0) is 48.5 Å². The number of esters is 2. The quantitative estimate of drug-likeness (QED) is 0.362. The molecule has 0 saturated heterocycles. The van der Waals surface area contributed by atoms with Crippen LogP contribution in [0.1, 0.15) is 31.1 Å². The number of methoxy groups -OCH3 is 4. The molecule has 0 aliphatic carbocycles. The molecule has 1 heterocycles. The number of amides is 1. The van der Waals surface area contributed by atoms with Crippen molar-refractivity contribution in [3.63, 3.8) is 0 Å². The molecule has 188 valence electrons. The normalized spacial score (nSPS) is 10.5. The van der Waals surface area contributed by atoms with Gasteiger partial charge >= 0.3 is 11.9 Å². The first-order valence-corrected chi connectivity index (χ1v) is 11.1. The number of hydrogen-bond donors (Lipinski definition) is 1. The van der Waals surface area contributed by atoms with Crippen molar-refractivity contribution in [2.24, 2.45) is 0 Å². The molecule has 0 unspecified atom stereocenters. The molecule has 0 radical (unpaired) electrons. The van der Waals surface area contributed by atoms with E-state index in [1.54, 1.807) is 38.5 Å². The number of rotatable bonds is 7. The van der Waals surface area contributed by atoms with Crippen molar-refractivity contribution < 1.29 is 33.3 Å². The van der Waals surface area contributed by atoms with Gasteiger partial charge in [0.2, 0.25) is 0 Å². The van der Waals surface area contributed by atoms with Crippen LogP contribution in [0, 0.1) is 0 Å². The second-order valence-corrected chi connectivity index (χ2v) is 7.88. The van der Waals surface area contributed by atoms with Crippen molar-refractivity contribution in [3.8, 4) is 22.8 Å². The molecule has 1 aromatic heterocycles. The van der Waals surface area contributed by atoms with E-state index in [0.29, 0.717) is 33.7 Å². The van der Waals surface area contributed by atoms with Crippen LogP contribution < -0.4 is 14.8 Å². The van der Waals surface area contributed by atoms with Crippen molar-refractivity contribution >= 4 is 34.4 Å². The van der Waals surface area contributed by atoms with Gasteiger partial charge in [-0.15, -0.1) is 0 Å². The van der Waals surface area contributed by atoms with Crippen LogP contribution >= 0.6 is 0 Å². The van der Waals surface area contributed by atoms with E-state index in [1.807, 2.05) is 24.3 Å². The maximum atomic E-state index is 13.5. The summed E-state index contributed by atoms with van der Waals surface area (Å²) in [4.78, 5) is 42.5. The third-order valence-corrected chi connectivity index (χ3v) is 5.67. The van der Waals surface area contributed by atoms with E-state index >= 15 is 0 Å². The lowest BCUT2D eigenvalue weighted by Crippen LogP contribution is -2.15. The zero-order valence-corrected chi connectivity index (χ0v) is 20.7. The van der Waals surface area contributed by atoms with Gasteiger partial charge in [-0.25, -0.2) is 14.6 Å². The molecular formula is C28H24N2O7. The van der Waals surface area contributed by atoms with Crippen LogP contribution in [0.5, 0.6) is 11.5 Å². The predicted molar refractivity (Wildman–Crippen MR) is 137 cm³/mol. The number of pyridine rings is 1. The highest BCUT2D eigenvalue weighted by Gasteiger charge is 2.18. The zero-order valence-electron chi connectivity index (χ0n) is 20.7. The molecule has 4 rings (SSSR count). The summed E-state index contributed by atoms with van der Waals surface area (Å²) in [6.07, 6.45) is 0. The number of carbonyl (C=O) groups is 3. The molecule has 0 fully saturated rings. The van der Waals surface area contributed by atoms with Crippen molar-refractivity contribution in [1.82, 2.24) is 4.98 Å². The van der Waals surface area contributed by atoms with Crippen molar-refractivity contribution in [2.75, 3.05) is 33.8 Å². The average Bonchev–Trinajstić information content (AvgIpc) is 2.94. The van der Waals surface area contributed by atoms with E-state index in [2.05, 4.69) is 5.32 Å². The fourth-order valence-corrected chi connectivity index (χ4v) is 3.88. The van der Waals surface area contributed by atoms with Gasteiger partial charge in [0.05, 0.1) is 56.3 Å². The SMILES string of the molecule is COC(=O)c1cc(NC(=O)c2cc(-c3ccc(OC)c(OC)c3)nc3ccccc23)cc(C(=O)OC)c1. The summed E-state index contributed by atoms with van der Waals surface area (Å²) in [5.74, 6) is -0.691. The minimum absolute atomic E-state index is 0.0892. The number of fused-ring (bicyclic) bond motifs is 1. The van der Waals surface area contributed by atoms with Gasteiger partial charge in [0.15, 0.2) is 11.5 Å². The maximum Gasteiger partial charge on any atom is 0.337 e. The lowest BCUT2D eigenvalue weighted by molar-refractivity contribution is 0.0599. The predicted octanol–water partition coefficient (Wildman–Crippen LogP) is 4.74. The lowest BCUT2D eigenvalue weighted by Gasteiger charge is -2.13. The van der Waals surface area contributed by atoms with Gasteiger partial charge in [-0.3, -0.25) is 4.79 Å². The van der Waals surface area contributed by atoms with Gasteiger partial charge < -0.3 is 24.3 Å². The molecule has 0 saturated carbocycles. The number of hydrogen-bond acceptors (Lipinski definition) is 8. The number of carbonyl (C=O) groups excluding carboxylic acids is 3. The van der Waals surface area contributed by atoms with Crippen LogP contribution in [-0.2, 0) is 9.47 Å². The van der Waals surface area contributed by atoms with Gasteiger partial charge in [-0.2, -0.15) is 0 Å². The minimum Gasteiger partial charge on any atom is -0.493 e. The number of anilines is 1. The highest BCUT2D eigenvalue weighted by molar-refractivity contribution is 6.13. The number of benzene rings is 3. The van der Waals surface area contributed by atoms with E-state index in [0.717, 1.165) is 5.56 Å². The van der Waals surface area contributed by atoms with Gasteiger partial charge in [0.1, 0.15) is 0 Å². The molecule has 4 aromatic rings. The third-order valence-electron chi connectivity index (χ3n) is 5.67. The van der Waals surface area contributed by atoms with E-state index in [1.165, 1.54) is 32.4 Å². The number of para-hydroxylation sites is 1. The van der Waals surface area contributed by atoms with Crippen LogP contribution in [0.2, 0.25) is 0 Å². The Bertz CT molecular complexity index is 1480. The van der Waals surface area contributed by atoms with E-state index < -0.39 is 17.8 Å². The molecule has 0 aliphatic rings. The number of ether oxygens (including phenoxy) is 4. The van der Waals surface area contributed by atoms with Crippen molar-refractivity contribution in [2.45, 2.75) is 0 Å². The summed E-state index contributed by atoms with van der Waals surface area (Å²) in [5.41, 5.74) is 2.62. The Balaban J connectivity index is 1.79. The summed E-state index contributed by atoms with van der Waals surface area (Å²) in [7, 11) is 5.54. The Morgan fingerprint density at radius 3 is 2.00 bits per heavy atom. The standard InChI is InChI=1S/C28H24N2O7/c1-34-24-10-9-16(14-25(24)35-2)23-15-21(20-7-5-6-8-22(20)30-23)26(31)29-19-12-17(27(32)36-3)11-18(13-19)28(33)37-4/h5-15H,1-4H3,(H,29,31). The molecule has 9 nitrogen and oxygen atoms in total. The van der Waals surface area contributed by atoms with E-state index in [-0.39, 0.29) is 16.8 Å². The Kier molecular flexibility index (Phi) is 7.34. The molecule has 0 spiro atoms. The van der Waals surface area contributed by atoms with Crippen LogP contribution in [0.4, 0.5) is 5.69 Å². The first-order valence-electron chi connectivity index (χ1n) is 11.1. The highest BCUT2D eigenvalue weighted by Crippen LogP contribution is 2.33. The highest BCUT2D eigenvalue weighted by atomic mass is 16.5. The molecule has 3 aromatic carbocycles. The summed E-state index contributed by atoms with van der Waals surface area (Å²) >= 11 is 0. The minimum atomic E-state index is -0.661. The molecule has 9 heteroatoms. The smallest absolute Gasteiger partial charge is 0.337 e. The molecule has 0 aliphatic heterocycles. The maximum absolute atomic E-state index is 13.5. The fraction of sp³-hybridized carbons (Fsp3) is 0.143. The van der Waals surface area contributed by atoms with Crippen LogP contribution in [0.15, 0.2) is 66.7 Å². The number of nitrogens with one attached hydrogen (secondary N) is 1. The average molecular weight is 501 g/mol. The number of aromatic nitrogens is 1. The molecule has 37 heavy (non-hydrogen) atoms. The van der Waals surface area contributed by atoms with Gasteiger partial charge in [-0.1, -0.05) is 18.2 Å². The summed E-state index contributed by atoms with van der Waals surface area (Å²) in [5, 5.41) is 3.41. The van der Waals surface area contributed by atoms with Crippen LogP contribution in [0.25, 0.3) is 22.2 Å². The van der Waals surface area contributed by atoms with E-state index in [4.69, 9.17) is 23.9 Å². The second-order valence-electron chi connectivity index (χ2n) is 7.88. The monoisotopic (exact) mass is 500 g/mol. The Morgan fingerprint density at radius 2 is 1.38 bits per heavy atom. The summed E-state index contributed by atoms with van der Waals surface area (Å²) in [6, 6.07) is 18.5. The first-order chi connectivity index (χ1) is 17.9. The first kappa shape index (κ1) is 25.2. The van der Waals surface area contributed by atoms with Gasteiger partial charge in [0, 0.05) is 16.6 Å². The van der Waals surface area contributed by atoms with Crippen LogP contribution in [-0.4, -0.2) is 51.3 Å². The second kappa shape index (κ2) is 10.8. The Hall–Kier alpha value is -4.92. The molecule has 1 amide bonds. The zero-order chi connectivity index (χ0) is 26.5. The molecule has 0 bridgehead atoms. The topological polar surface area (TPSA) is 113 Å². The number of nitrogens with zero attached hydrogens (tertiary/aromatic N) is 1. The Morgan fingerprint density at radius 1 is 0.730 bits per heavy atom. The molecule has 0 atom stereocenters. The van der Waals surface area contributed by atoms with Crippen LogP contribution in [0.3, 0.4) is 0 Å². The lowest BCUT2D eigenvalue weighted by atomic mass is 10.0.